The Kier molecular flexibility index (Phi) is 3.70. The molecule has 0 unspecified atom stereocenters. The molecule has 0 spiro atoms. The van der Waals surface area contributed by atoms with Crippen LogP contribution < -0.4 is 5.32 Å². The molecule has 0 aliphatic heterocycles. The molecule has 16 heavy (non-hydrogen) atoms. The van der Waals surface area contributed by atoms with E-state index in [0.29, 0.717) is 0 Å². The first kappa shape index (κ1) is 11.3. The van der Waals surface area contributed by atoms with Crippen LogP contribution in [0.2, 0.25) is 0 Å². The molecule has 0 saturated carbocycles. The maximum absolute atomic E-state index is 4.62. The van der Waals surface area contributed by atoms with Crippen molar-refractivity contribution >= 4 is 11.3 Å². The third kappa shape index (κ3) is 2.49. The Hall–Kier alpha value is -1.19. The van der Waals surface area contributed by atoms with Crippen LogP contribution in [0.25, 0.3) is 11.3 Å². The molecular formula is C13H16N2S. The van der Waals surface area contributed by atoms with E-state index in [1.807, 2.05) is 13.1 Å². The lowest BCUT2D eigenvalue weighted by Crippen LogP contribution is -2.09. The molecule has 1 aromatic carbocycles. The fraction of sp³-hybridized carbons (Fsp3) is 0.308. The van der Waals surface area contributed by atoms with Crippen LogP contribution in [0.3, 0.4) is 0 Å². The molecule has 1 heterocycles. The number of nitrogens with one attached hydrogen (secondary N) is 1. The van der Waals surface area contributed by atoms with Gasteiger partial charge in [-0.1, -0.05) is 30.3 Å². The zero-order valence-corrected chi connectivity index (χ0v) is 10.5. The highest BCUT2D eigenvalue weighted by Gasteiger charge is 2.09. The van der Waals surface area contributed by atoms with Gasteiger partial charge in [-0.2, -0.15) is 0 Å². The standard InChI is InChI=1S/C13H16N2S/c1-10-15-13(11-6-4-3-5-7-11)12(16-10)8-9-14-2/h3-7,14H,8-9H2,1-2H3. The van der Waals surface area contributed by atoms with Gasteiger partial charge < -0.3 is 5.32 Å². The Labute approximate surface area is 100 Å². The predicted octanol–water partition coefficient (Wildman–Crippen LogP) is 2.88. The SMILES string of the molecule is CNCCc1sc(C)nc1-c1ccccc1. The maximum atomic E-state index is 4.62. The second-order valence-electron chi connectivity index (χ2n) is 3.72. The maximum Gasteiger partial charge on any atom is 0.0904 e. The molecule has 1 aromatic heterocycles. The Bertz CT molecular complexity index is 448. The highest BCUT2D eigenvalue weighted by atomic mass is 32.1. The van der Waals surface area contributed by atoms with Crippen molar-refractivity contribution in [3.05, 3.63) is 40.2 Å². The van der Waals surface area contributed by atoms with Crippen LogP contribution in [0.5, 0.6) is 0 Å². The van der Waals surface area contributed by atoms with E-state index in [2.05, 4.69) is 41.5 Å². The quantitative estimate of drug-likeness (QED) is 0.876. The molecule has 0 atom stereocenters. The summed E-state index contributed by atoms with van der Waals surface area (Å²) in [6.45, 7) is 3.07. The largest absolute Gasteiger partial charge is 0.319 e. The van der Waals surface area contributed by atoms with Gasteiger partial charge in [0.25, 0.3) is 0 Å². The number of thiazole rings is 1. The van der Waals surface area contributed by atoms with Crippen LogP contribution in [-0.2, 0) is 6.42 Å². The van der Waals surface area contributed by atoms with Gasteiger partial charge in [-0.25, -0.2) is 4.98 Å². The van der Waals surface area contributed by atoms with Crippen LogP contribution in [0.15, 0.2) is 30.3 Å². The second kappa shape index (κ2) is 5.23. The summed E-state index contributed by atoms with van der Waals surface area (Å²) in [5.74, 6) is 0. The summed E-state index contributed by atoms with van der Waals surface area (Å²) >= 11 is 1.80. The highest BCUT2D eigenvalue weighted by Crippen LogP contribution is 2.27. The number of hydrogen-bond donors (Lipinski definition) is 1. The number of aryl methyl sites for hydroxylation is 1. The zero-order valence-electron chi connectivity index (χ0n) is 9.66. The van der Waals surface area contributed by atoms with Gasteiger partial charge in [0.2, 0.25) is 0 Å². The second-order valence-corrected chi connectivity index (χ2v) is 5.01. The van der Waals surface area contributed by atoms with Crippen molar-refractivity contribution in [1.29, 1.82) is 0 Å². The van der Waals surface area contributed by atoms with Crippen LogP contribution >= 0.6 is 11.3 Å². The smallest absolute Gasteiger partial charge is 0.0904 e. The van der Waals surface area contributed by atoms with Crippen LogP contribution in [0, 0.1) is 6.92 Å². The fourth-order valence-corrected chi connectivity index (χ4v) is 2.66. The van der Waals surface area contributed by atoms with Crippen LogP contribution in [-0.4, -0.2) is 18.6 Å². The first-order chi connectivity index (χ1) is 7.81. The molecule has 3 heteroatoms. The third-order valence-corrected chi connectivity index (χ3v) is 3.48. The number of hydrogen-bond acceptors (Lipinski definition) is 3. The summed E-state index contributed by atoms with van der Waals surface area (Å²) in [6.07, 6.45) is 1.05. The molecule has 1 N–H and O–H groups in total. The molecule has 84 valence electrons. The van der Waals surface area contributed by atoms with E-state index in [0.717, 1.165) is 23.7 Å². The normalized spacial score (nSPS) is 10.6. The van der Waals surface area contributed by atoms with E-state index in [9.17, 15) is 0 Å². The molecule has 2 aromatic rings. The molecule has 0 saturated heterocycles. The van der Waals surface area contributed by atoms with Gasteiger partial charge in [0.15, 0.2) is 0 Å². The van der Waals surface area contributed by atoms with Crippen molar-refractivity contribution in [3.63, 3.8) is 0 Å². The lowest BCUT2D eigenvalue weighted by molar-refractivity contribution is 0.799. The topological polar surface area (TPSA) is 24.9 Å². The van der Waals surface area contributed by atoms with Crippen molar-refractivity contribution in [2.75, 3.05) is 13.6 Å². The predicted molar refractivity (Wildman–Crippen MR) is 69.9 cm³/mol. The minimum atomic E-state index is 1.00. The van der Waals surface area contributed by atoms with Gasteiger partial charge in [-0.05, 0) is 26.9 Å². The van der Waals surface area contributed by atoms with E-state index in [-0.39, 0.29) is 0 Å². The van der Waals surface area contributed by atoms with Crippen molar-refractivity contribution in [1.82, 2.24) is 10.3 Å². The van der Waals surface area contributed by atoms with Gasteiger partial charge in [-0.15, -0.1) is 11.3 Å². The zero-order chi connectivity index (χ0) is 11.4. The average Bonchev–Trinajstić information content (AvgIpc) is 2.69. The molecule has 0 radical (unpaired) electrons. The van der Waals surface area contributed by atoms with Gasteiger partial charge >= 0.3 is 0 Å². The van der Waals surface area contributed by atoms with Crippen molar-refractivity contribution < 1.29 is 0 Å². The number of benzene rings is 1. The minimum absolute atomic E-state index is 1.00. The Morgan fingerprint density at radius 3 is 2.69 bits per heavy atom. The molecule has 0 amide bonds. The van der Waals surface area contributed by atoms with E-state index < -0.39 is 0 Å². The summed E-state index contributed by atoms with van der Waals surface area (Å²) in [4.78, 5) is 6.00. The number of likely N-dealkylation sites (N-methyl/N-ethyl adjacent to an activating group) is 1. The fourth-order valence-electron chi connectivity index (χ4n) is 1.70. The molecular weight excluding hydrogens is 216 g/mol. The highest BCUT2D eigenvalue weighted by molar-refractivity contribution is 7.12. The van der Waals surface area contributed by atoms with Gasteiger partial charge in [0.1, 0.15) is 0 Å². The summed E-state index contributed by atoms with van der Waals surface area (Å²) in [6, 6.07) is 10.4. The first-order valence-electron chi connectivity index (χ1n) is 5.47. The van der Waals surface area contributed by atoms with Crippen molar-refractivity contribution in [2.24, 2.45) is 0 Å². The van der Waals surface area contributed by atoms with Gasteiger partial charge in [-0.3, -0.25) is 0 Å². The Balaban J connectivity index is 2.33. The summed E-state index contributed by atoms with van der Waals surface area (Å²) in [7, 11) is 1.98. The molecule has 0 aliphatic rings. The van der Waals surface area contributed by atoms with E-state index in [4.69, 9.17) is 0 Å². The van der Waals surface area contributed by atoms with Gasteiger partial charge in [0.05, 0.1) is 10.7 Å². The Morgan fingerprint density at radius 2 is 2.00 bits per heavy atom. The van der Waals surface area contributed by atoms with Crippen molar-refractivity contribution in [3.8, 4) is 11.3 Å². The summed E-state index contributed by atoms with van der Waals surface area (Å²) < 4.78 is 0. The minimum Gasteiger partial charge on any atom is -0.319 e. The lowest BCUT2D eigenvalue weighted by atomic mass is 10.1. The Morgan fingerprint density at radius 1 is 1.25 bits per heavy atom. The van der Waals surface area contributed by atoms with Crippen LogP contribution in [0.1, 0.15) is 9.88 Å². The number of rotatable bonds is 4. The number of nitrogens with zero attached hydrogens (tertiary/aromatic N) is 1. The first-order valence-corrected chi connectivity index (χ1v) is 6.29. The van der Waals surface area contributed by atoms with Crippen molar-refractivity contribution in [2.45, 2.75) is 13.3 Å². The molecule has 0 bridgehead atoms. The molecule has 2 nitrogen and oxygen atoms in total. The molecule has 2 rings (SSSR count). The lowest BCUT2D eigenvalue weighted by Gasteiger charge is -2.01. The van der Waals surface area contributed by atoms with E-state index in [1.165, 1.54) is 10.4 Å². The van der Waals surface area contributed by atoms with E-state index >= 15 is 0 Å². The summed E-state index contributed by atoms with van der Waals surface area (Å²) in [5.41, 5.74) is 2.37. The summed E-state index contributed by atoms with van der Waals surface area (Å²) in [5, 5.41) is 4.33. The molecule has 0 aliphatic carbocycles. The number of aromatic nitrogens is 1. The van der Waals surface area contributed by atoms with E-state index in [1.54, 1.807) is 11.3 Å². The monoisotopic (exact) mass is 232 g/mol. The average molecular weight is 232 g/mol. The third-order valence-electron chi connectivity index (χ3n) is 2.45. The van der Waals surface area contributed by atoms with Crippen LogP contribution in [0.4, 0.5) is 0 Å². The van der Waals surface area contributed by atoms with Gasteiger partial charge in [0, 0.05) is 10.4 Å². The molecule has 0 fully saturated rings.